The van der Waals surface area contributed by atoms with Gasteiger partial charge in [0, 0.05) is 0 Å². The maximum atomic E-state index is 13.6. The van der Waals surface area contributed by atoms with Crippen molar-refractivity contribution in [2.45, 2.75) is 38.6 Å². The predicted octanol–water partition coefficient (Wildman–Crippen LogP) is 2.94. The van der Waals surface area contributed by atoms with Gasteiger partial charge in [0.2, 0.25) is 0 Å². The Morgan fingerprint density at radius 1 is 1.40 bits per heavy atom. The second-order valence-electron chi connectivity index (χ2n) is 5.54. The van der Waals surface area contributed by atoms with Gasteiger partial charge in [0.05, 0.1) is 0 Å². The Kier molecular flexibility index (Phi) is 5.12. The average Bonchev–Trinajstić information content (AvgIpc) is 2.43. The molecule has 0 unspecified atom stereocenters. The minimum absolute atomic E-state index is 0.132. The van der Waals surface area contributed by atoms with Crippen molar-refractivity contribution in [3.63, 3.8) is 0 Å². The molecule has 0 radical (unpaired) electrons. The highest BCUT2D eigenvalue weighted by Crippen LogP contribution is 2.24. The zero-order valence-electron chi connectivity index (χ0n) is 11.9. The minimum Gasteiger partial charge on any atom is -0.480 e. The molecule has 1 atom stereocenters. The van der Waals surface area contributed by atoms with Gasteiger partial charge >= 0.3 is 5.97 Å². The highest BCUT2D eigenvalue weighted by Gasteiger charge is 2.28. The zero-order chi connectivity index (χ0) is 14.5. The van der Waals surface area contributed by atoms with Crippen molar-refractivity contribution in [2.24, 2.45) is 5.92 Å². The van der Waals surface area contributed by atoms with E-state index in [9.17, 15) is 14.3 Å². The van der Waals surface area contributed by atoms with Gasteiger partial charge in [-0.15, -0.1) is 0 Å². The summed E-state index contributed by atoms with van der Waals surface area (Å²) in [6.45, 7) is 3.50. The van der Waals surface area contributed by atoms with Crippen LogP contribution in [0, 0.1) is 11.7 Å². The van der Waals surface area contributed by atoms with E-state index in [1.165, 1.54) is 6.07 Å². The molecule has 110 valence electrons. The summed E-state index contributed by atoms with van der Waals surface area (Å²) in [7, 11) is 0. The van der Waals surface area contributed by atoms with Gasteiger partial charge in [0.15, 0.2) is 0 Å². The van der Waals surface area contributed by atoms with Crippen LogP contribution < -0.4 is 0 Å². The Balaban J connectivity index is 1.88. The van der Waals surface area contributed by atoms with Crippen LogP contribution in [0.1, 0.15) is 31.7 Å². The molecule has 0 aliphatic carbocycles. The van der Waals surface area contributed by atoms with Gasteiger partial charge in [-0.3, -0.25) is 9.69 Å². The molecule has 0 aromatic heterocycles. The molecule has 1 N–H and O–H groups in total. The van der Waals surface area contributed by atoms with Crippen LogP contribution in [-0.4, -0.2) is 35.1 Å². The zero-order valence-corrected chi connectivity index (χ0v) is 11.9. The Bertz CT molecular complexity index is 456. The molecule has 20 heavy (non-hydrogen) atoms. The number of nitrogens with zero attached hydrogens (tertiary/aromatic N) is 1. The monoisotopic (exact) mass is 279 g/mol. The number of piperidine rings is 1. The summed E-state index contributed by atoms with van der Waals surface area (Å²) in [5.41, 5.74) is 0.774. The quantitative estimate of drug-likeness (QED) is 0.901. The summed E-state index contributed by atoms with van der Waals surface area (Å²) in [5, 5.41) is 9.17. The van der Waals surface area contributed by atoms with Crippen molar-refractivity contribution in [1.29, 1.82) is 0 Å². The molecule has 1 aromatic rings. The van der Waals surface area contributed by atoms with E-state index in [2.05, 4.69) is 0 Å². The van der Waals surface area contributed by atoms with Gasteiger partial charge in [-0.25, -0.2) is 4.39 Å². The summed E-state index contributed by atoms with van der Waals surface area (Å²) >= 11 is 0. The molecule has 1 saturated heterocycles. The van der Waals surface area contributed by atoms with Crippen LogP contribution in [0.5, 0.6) is 0 Å². The maximum Gasteiger partial charge on any atom is 0.320 e. The number of likely N-dealkylation sites (tertiary alicyclic amines) is 1. The molecular formula is C16H22FNO2. The van der Waals surface area contributed by atoms with Gasteiger partial charge in [-0.1, -0.05) is 25.1 Å². The van der Waals surface area contributed by atoms with E-state index >= 15 is 0 Å². The molecule has 0 saturated carbocycles. The number of rotatable bonds is 5. The third kappa shape index (κ3) is 3.57. The summed E-state index contributed by atoms with van der Waals surface area (Å²) in [4.78, 5) is 13.2. The molecular weight excluding hydrogens is 257 g/mol. The highest BCUT2D eigenvalue weighted by atomic mass is 19.1. The normalized spacial score (nSPS) is 18.9. The number of carboxylic acids is 1. The van der Waals surface area contributed by atoms with Crippen LogP contribution in [0.3, 0.4) is 0 Å². The first-order valence-electron chi connectivity index (χ1n) is 7.32. The number of halogens is 1. The van der Waals surface area contributed by atoms with Gasteiger partial charge in [-0.2, -0.15) is 0 Å². The Morgan fingerprint density at radius 2 is 2.05 bits per heavy atom. The minimum atomic E-state index is -0.736. The third-order valence-corrected chi connectivity index (χ3v) is 4.23. The second kappa shape index (κ2) is 6.84. The molecule has 1 aliphatic heterocycles. The highest BCUT2D eigenvalue weighted by molar-refractivity contribution is 5.73. The van der Waals surface area contributed by atoms with E-state index in [4.69, 9.17) is 0 Å². The lowest BCUT2D eigenvalue weighted by atomic mass is 9.89. The van der Waals surface area contributed by atoms with Gasteiger partial charge in [0.25, 0.3) is 0 Å². The standard InChI is InChI=1S/C16H22FNO2/c1-2-15(16(19)20)18-9-7-12(8-10-18)11-13-5-3-4-6-14(13)17/h3-6,12,15H,2,7-11H2,1H3,(H,19,20)/t15-/m1/s1. The SMILES string of the molecule is CC[C@H](C(=O)O)N1CCC(Cc2ccccc2F)CC1. The van der Waals surface area contributed by atoms with Crippen LogP contribution in [0.4, 0.5) is 4.39 Å². The smallest absolute Gasteiger partial charge is 0.320 e. The van der Waals surface area contributed by atoms with Crippen LogP contribution in [0.15, 0.2) is 24.3 Å². The summed E-state index contributed by atoms with van der Waals surface area (Å²) in [6, 6.07) is 6.55. The van der Waals surface area contributed by atoms with E-state index in [1.807, 2.05) is 24.0 Å². The first-order valence-corrected chi connectivity index (χ1v) is 7.32. The fraction of sp³-hybridized carbons (Fsp3) is 0.562. The number of hydrogen-bond donors (Lipinski definition) is 1. The number of carbonyl (C=O) groups is 1. The summed E-state index contributed by atoms with van der Waals surface area (Å²) in [6.07, 6.45) is 3.27. The lowest BCUT2D eigenvalue weighted by Crippen LogP contribution is -2.45. The molecule has 4 heteroatoms. The molecule has 0 bridgehead atoms. The molecule has 2 rings (SSSR count). The number of benzene rings is 1. The van der Waals surface area contributed by atoms with Crippen molar-refractivity contribution in [3.8, 4) is 0 Å². The average molecular weight is 279 g/mol. The van der Waals surface area contributed by atoms with Crippen LogP contribution in [-0.2, 0) is 11.2 Å². The van der Waals surface area contributed by atoms with Gasteiger partial charge < -0.3 is 5.11 Å². The molecule has 1 aliphatic rings. The number of carboxylic acid groups (broad SMARTS) is 1. The number of hydrogen-bond acceptors (Lipinski definition) is 2. The fourth-order valence-electron chi connectivity index (χ4n) is 3.03. The largest absolute Gasteiger partial charge is 0.480 e. The third-order valence-electron chi connectivity index (χ3n) is 4.23. The van der Waals surface area contributed by atoms with Crippen LogP contribution in [0.25, 0.3) is 0 Å². The van der Waals surface area contributed by atoms with Crippen molar-refractivity contribution < 1.29 is 14.3 Å². The van der Waals surface area contributed by atoms with Crippen LogP contribution >= 0.6 is 0 Å². The van der Waals surface area contributed by atoms with E-state index in [1.54, 1.807) is 6.07 Å². The Hall–Kier alpha value is -1.42. The van der Waals surface area contributed by atoms with Crippen molar-refractivity contribution in [2.75, 3.05) is 13.1 Å². The lowest BCUT2D eigenvalue weighted by Gasteiger charge is -2.35. The Labute approximate surface area is 119 Å². The lowest BCUT2D eigenvalue weighted by molar-refractivity contribution is -0.144. The van der Waals surface area contributed by atoms with Crippen molar-refractivity contribution in [3.05, 3.63) is 35.6 Å². The molecule has 3 nitrogen and oxygen atoms in total. The topological polar surface area (TPSA) is 40.5 Å². The van der Waals surface area contributed by atoms with Crippen molar-refractivity contribution in [1.82, 2.24) is 4.90 Å². The predicted molar refractivity (Wildman–Crippen MR) is 76.1 cm³/mol. The van der Waals surface area contributed by atoms with Crippen LogP contribution in [0.2, 0.25) is 0 Å². The molecule has 1 heterocycles. The molecule has 0 amide bonds. The fourth-order valence-corrected chi connectivity index (χ4v) is 3.03. The van der Waals surface area contributed by atoms with Crippen molar-refractivity contribution >= 4 is 5.97 Å². The van der Waals surface area contributed by atoms with E-state index in [0.717, 1.165) is 37.9 Å². The van der Waals surface area contributed by atoms with Gasteiger partial charge in [0.1, 0.15) is 11.9 Å². The molecule has 1 aromatic carbocycles. The van der Waals surface area contributed by atoms with E-state index in [-0.39, 0.29) is 11.9 Å². The maximum absolute atomic E-state index is 13.6. The molecule has 1 fully saturated rings. The van der Waals surface area contributed by atoms with Gasteiger partial charge in [-0.05, 0) is 56.3 Å². The van der Waals surface area contributed by atoms with E-state index in [0.29, 0.717) is 12.3 Å². The number of aliphatic carboxylic acids is 1. The second-order valence-corrected chi connectivity index (χ2v) is 5.54. The first kappa shape index (κ1) is 15.0. The summed E-state index contributed by atoms with van der Waals surface area (Å²) in [5.74, 6) is -0.415. The molecule has 0 spiro atoms. The van der Waals surface area contributed by atoms with E-state index < -0.39 is 5.97 Å². The summed E-state index contributed by atoms with van der Waals surface area (Å²) < 4.78 is 13.6. The first-order chi connectivity index (χ1) is 9.61. The Morgan fingerprint density at radius 3 is 2.60 bits per heavy atom.